The van der Waals surface area contributed by atoms with Crippen molar-refractivity contribution in [2.45, 2.75) is 32.7 Å². The van der Waals surface area contributed by atoms with Gasteiger partial charge in [-0.15, -0.1) is 0 Å². The van der Waals surface area contributed by atoms with Crippen molar-refractivity contribution in [2.24, 2.45) is 5.92 Å². The normalized spacial score (nSPS) is 18.6. The molecule has 1 aromatic rings. The quantitative estimate of drug-likeness (QED) is 0.767. The molecule has 0 saturated carbocycles. The minimum absolute atomic E-state index is 0.854. The molecule has 1 aliphatic heterocycles. The third-order valence-corrected chi connectivity index (χ3v) is 3.44. The predicted octanol–water partition coefficient (Wildman–Crippen LogP) is 1.89. The van der Waals surface area contributed by atoms with Crippen molar-refractivity contribution >= 4 is 0 Å². The lowest BCUT2D eigenvalue weighted by Gasteiger charge is -2.31. The van der Waals surface area contributed by atoms with Crippen LogP contribution in [0.15, 0.2) is 16.8 Å². The Bertz CT molecular complexity index is 292. The van der Waals surface area contributed by atoms with E-state index in [1.54, 1.807) is 6.20 Å². The largest absolute Gasteiger partial charge is 0.360 e. The van der Waals surface area contributed by atoms with E-state index in [4.69, 9.17) is 4.52 Å². The van der Waals surface area contributed by atoms with E-state index in [1.165, 1.54) is 38.9 Å². The van der Waals surface area contributed by atoms with Gasteiger partial charge in [0.15, 0.2) is 5.76 Å². The molecule has 1 saturated heterocycles. The summed E-state index contributed by atoms with van der Waals surface area (Å²) in [7, 11) is 0. The van der Waals surface area contributed by atoms with Gasteiger partial charge in [-0.25, -0.2) is 0 Å². The minimum atomic E-state index is 0.854. The van der Waals surface area contributed by atoms with Gasteiger partial charge in [0.2, 0.25) is 0 Å². The van der Waals surface area contributed by atoms with Crippen LogP contribution in [0.1, 0.15) is 31.9 Å². The van der Waals surface area contributed by atoms with E-state index in [0.717, 1.165) is 24.8 Å². The number of likely N-dealkylation sites (tertiary alicyclic amines) is 1. The van der Waals surface area contributed by atoms with Gasteiger partial charge in [-0.2, -0.15) is 0 Å². The van der Waals surface area contributed by atoms with Crippen LogP contribution in [0.2, 0.25) is 0 Å². The van der Waals surface area contributed by atoms with E-state index in [2.05, 4.69) is 22.3 Å². The van der Waals surface area contributed by atoms with E-state index in [9.17, 15) is 0 Å². The van der Waals surface area contributed by atoms with Crippen LogP contribution in [0.5, 0.6) is 0 Å². The van der Waals surface area contributed by atoms with Crippen LogP contribution in [-0.2, 0) is 6.54 Å². The number of rotatable bonds is 6. The van der Waals surface area contributed by atoms with Crippen LogP contribution in [0, 0.1) is 5.92 Å². The van der Waals surface area contributed by atoms with Gasteiger partial charge in [0, 0.05) is 6.07 Å². The summed E-state index contributed by atoms with van der Waals surface area (Å²) in [5, 5.41) is 7.26. The number of hydrogen-bond acceptors (Lipinski definition) is 4. The number of nitrogens with one attached hydrogen (secondary N) is 1. The van der Waals surface area contributed by atoms with E-state index >= 15 is 0 Å². The first kappa shape index (κ1) is 12.6. The molecular weight excluding hydrogens is 214 g/mol. The number of aromatic nitrogens is 1. The number of nitrogens with zero attached hydrogens (tertiary/aromatic N) is 2. The number of hydrogen-bond donors (Lipinski definition) is 1. The fraction of sp³-hybridized carbons (Fsp3) is 0.769. The van der Waals surface area contributed by atoms with Gasteiger partial charge in [0.1, 0.15) is 0 Å². The van der Waals surface area contributed by atoms with Crippen molar-refractivity contribution in [3.05, 3.63) is 18.0 Å². The van der Waals surface area contributed by atoms with E-state index in [-0.39, 0.29) is 0 Å². The van der Waals surface area contributed by atoms with Gasteiger partial charge in [-0.05, 0) is 51.4 Å². The second-order valence-corrected chi connectivity index (χ2v) is 4.90. The predicted molar refractivity (Wildman–Crippen MR) is 67.7 cm³/mol. The van der Waals surface area contributed by atoms with Crippen molar-refractivity contribution in [2.75, 3.05) is 26.2 Å². The Morgan fingerprint density at radius 3 is 2.94 bits per heavy atom. The SMILES string of the molecule is CCCNCC1CCN(Cc2ccno2)CC1. The highest BCUT2D eigenvalue weighted by atomic mass is 16.5. The van der Waals surface area contributed by atoms with Crippen molar-refractivity contribution in [1.29, 1.82) is 0 Å². The lowest BCUT2D eigenvalue weighted by atomic mass is 9.96. The van der Waals surface area contributed by atoms with Crippen molar-refractivity contribution < 1.29 is 4.52 Å². The van der Waals surface area contributed by atoms with Crippen molar-refractivity contribution in [1.82, 2.24) is 15.4 Å². The summed E-state index contributed by atoms with van der Waals surface area (Å²) in [5.41, 5.74) is 0. The highest BCUT2D eigenvalue weighted by Gasteiger charge is 2.19. The van der Waals surface area contributed by atoms with Crippen LogP contribution in [0.25, 0.3) is 0 Å². The zero-order valence-corrected chi connectivity index (χ0v) is 10.7. The molecule has 1 aromatic heterocycles. The van der Waals surface area contributed by atoms with E-state index in [0.29, 0.717) is 0 Å². The fourth-order valence-electron chi connectivity index (χ4n) is 2.38. The Kier molecular flexibility index (Phi) is 5.01. The Balaban J connectivity index is 1.64. The van der Waals surface area contributed by atoms with Crippen LogP contribution in [0.4, 0.5) is 0 Å². The Morgan fingerprint density at radius 2 is 2.29 bits per heavy atom. The Morgan fingerprint density at radius 1 is 1.47 bits per heavy atom. The average Bonchev–Trinajstić information content (AvgIpc) is 2.85. The summed E-state index contributed by atoms with van der Waals surface area (Å²) in [4.78, 5) is 2.46. The average molecular weight is 237 g/mol. The van der Waals surface area contributed by atoms with Crippen LogP contribution in [-0.4, -0.2) is 36.2 Å². The van der Waals surface area contributed by atoms with Crippen LogP contribution >= 0.6 is 0 Å². The van der Waals surface area contributed by atoms with Crippen LogP contribution < -0.4 is 5.32 Å². The summed E-state index contributed by atoms with van der Waals surface area (Å²) in [6.45, 7) is 7.82. The second-order valence-electron chi connectivity index (χ2n) is 4.90. The van der Waals surface area contributed by atoms with Gasteiger partial charge in [0.05, 0.1) is 12.7 Å². The number of piperidine rings is 1. The lowest BCUT2D eigenvalue weighted by Crippen LogP contribution is -2.36. The molecule has 4 heteroatoms. The third kappa shape index (κ3) is 4.13. The zero-order valence-electron chi connectivity index (χ0n) is 10.7. The third-order valence-electron chi connectivity index (χ3n) is 3.44. The van der Waals surface area contributed by atoms with Gasteiger partial charge in [-0.3, -0.25) is 4.90 Å². The monoisotopic (exact) mass is 237 g/mol. The fourth-order valence-corrected chi connectivity index (χ4v) is 2.38. The van der Waals surface area contributed by atoms with E-state index in [1.807, 2.05) is 6.07 Å². The molecule has 0 spiro atoms. The van der Waals surface area contributed by atoms with Gasteiger partial charge in [-0.1, -0.05) is 12.1 Å². The smallest absolute Gasteiger partial charge is 0.150 e. The van der Waals surface area contributed by atoms with Crippen LogP contribution in [0.3, 0.4) is 0 Å². The molecule has 4 nitrogen and oxygen atoms in total. The second kappa shape index (κ2) is 6.77. The maximum absolute atomic E-state index is 5.14. The van der Waals surface area contributed by atoms with Gasteiger partial charge < -0.3 is 9.84 Å². The molecule has 0 atom stereocenters. The summed E-state index contributed by atoms with van der Waals surface area (Å²) in [6.07, 6.45) is 5.54. The first-order chi connectivity index (χ1) is 8.38. The molecule has 0 aromatic carbocycles. The summed E-state index contributed by atoms with van der Waals surface area (Å²) >= 11 is 0. The molecule has 0 aliphatic carbocycles. The molecule has 1 fully saturated rings. The highest BCUT2D eigenvalue weighted by Crippen LogP contribution is 2.18. The molecule has 0 radical (unpaired) electrons. The Hall–Kier alpha value is -0.870. The molecule has 2 rings (SSSR count). The molecule has 1 N–H and O–H groups in total. The summed E-state index contributed by atoms with van der Waals surface area (Å²) in [5.74, 6) is 1.83. The first-order valence-electron chi connectivity index (χ1n) is 6.71. The lowest BCUT2D eigenvalue weighted by molar-refractivity contribution is 0.160. The standard InChI is InChI=1S/C13H23N3O/c1-2-6-14-10-12-4-8-16(9-5-12)11-13-3-7-15-17-13/h3,7,12,14H,2,4-6,8-11H2,1H3. The zero-order chi connectivity index (χ0) is 11.9. The van der Waals surface area contributed by atoms with Crippen molar-refractivity contribution in [3.8, 4) is 0 Å². The minimum Gasteiger partial charge on any atom is -0.360 e. The molecule has 1 aliphatic rings. The Labute approximate surface area is 103 Å². The molecule has 2 heterocycles. The van der Waals surface area contributed by atoms with Gasteiger partial charge >= 0.3 is 0 Å². The van der Waals surface area contributed by atoms with Crippen molar-refractivity contribution in [3.63, 3.8) is 0 Å². The molecule has 17 heavy (non-hydrogen) atoms. The molecule has 0 bridgehead atoms. The molecule has 96 valence electrons. The molecule has 0 unspecified atom stereocenters. The summed E-state index contributed by atoms with van der Waals surface area (Å²) in [6, 6.07) is 1.95. The highest BCUT2D eigenvalue weighted by molar-refractivity contribution is 4.93. The first-order valence-corrected chi connectivity index (χ1v) is 6.71. The summed E-state index contributed by atoms with van der Waals surface area (Å²) < 4.78 is 5.14. The topological polar surface area (TPSA) is 41.3 Å². The van der Waals surface area contributed by atoms with E-state index < -0.39 is 0 Å². The maximum Gasteiger partial charge on any atom is 0.150 e. The molecule has 0 amide bonds. The van der Waals surface area contributed by atoms with Gasteiger partial charge in [0.25, 0.3) is 0 Å². The molecular formula is C13H23N3O. The maximum atomic E-state index is 5.14.